The van der Waals surface area contributed by atoms with E-state index in [0.717, 1.165) is 35.7 Å². The van der Waals surface area contributed by atoms with Gasteiger partial charge in [-0.2, -0.15) is 10.2 Å². The lowest BCUT2D eigenvalue weighted by molar-refractivity contribution is 0.304. The summed E-state index contributed by atoms with van der Waals surface area (Å²) in [6.07, 6.45) is 13.4. The average Bonchev–Trinajstić information content (AvgIpc) is 2.74. The fraction of sp³-hybridized carbons (Fsp3) is 0.556. The highest BCUT2D eigenvalue weighted by Crippen LogP contribution is 2.26. The second-order valence-electron chi connectivity index (χ2n) is 8.45. The normalized spacial score (nSPS) is 11.3. The van der Waals surface area contributed by atoms with E-state index in [4.69, 9.17) is 4.74 Å². The Morgan fingerprint density at radius 2 is 1.30 bits per heavy atom. The van der Waals surface area contributed by atoms with Gasteiger partial charge in [-0.05, 0) is 74.2 Å². The Balaban J connectivity index is 1.65. The van der Waals surface area contributed by atoms with Crippen LogP contribution in [0.5, 0.6) is 5.75 Å². The zero-order valence-corrected chi connectivity index (χ0v) is 19.5. The van der Waals surface area contributed by atoms with Crippen LogP contribution in [0, 0.1) is 20.8 Å². The SMILES string of the molecule is CCCCCCCCCCCCOc1ccc(/N=N/c2ccc(C)c(C)c2)c(C)c1. The Kier molecular flexibility index (Phi) is 11.2. The first-order valence-corrected chi connectivity index (χ1v) is 11.8. The Labute approximate surface area is 184 Å². The van der Waals surface area contributed by atoms with Crippen molar-refractivity contribution >= 4 is 11.4 Å². The number of benzene rings is 2. The molecule has 164 valence electrons. The van der Waals surface area contributed by atoms with Crippen LogP contribution in [-0.4, -0.2) is 6.61 Å². The van der Waals surface area contributed by atoms with Crippen molar-refractivity contribution in [2.75, 3.05) is 6.61 Å². The summed E-state index contributed by atoms with van der Waals surface area (Å²) in [5.41, 5.74) is 5.37. The van der Waals surface area contributed by atoms with Crippen molar-refractivity contribution in [2.24, 2.45) is 10.2 Å². The molecule has 0 aliphatic heterocycles. The maximum Gasteiger partial charge on any atom is 0.119 e. The van der Waals surface area contributed by atoms with Gasteiger partial charge in [-0.25, -0.2) is 0 Å². The van der Waals surface area contributed by atoms with Crippen molar-refractivity contribution in [3.05, 3.63) is 53.1 Å². The van der Waals surface area contributed by atoms with Crippen molar-refractivity contribution in [1.29, 1.82) is 0 Å². The third-order valence-corrected chi connectivity index (χ3v) is 5.70. The van der Waals surface area contributed by atoms with E-state index in [1.165, 1.54) is 68.9 Å². The van der Waals surface area contributed by atoms with Gasteiger partial charge >= 0.3 is 0 Å². The van der Waals surface area contributed by atoms with Crippen LogP contribution in [0.4, 0.5) is 11.4 Å². The van der Waals surface area contributed by atoms with Gasteiger partial charge in [0.25, 0.3) is 0 Å². The maximum atomic E-state index is 5.93. The number of hydrogen-bond donors (Lipinski definition) is 0. The predicted octanol–water partition coefficient (Wildman–Crippen LogP) is 9.33. The first-order chi connectivity index (χ1) is 14.6. The molecule has 2 rings (SSSR count). The molecule has 0 unspecified atom stereocenters. The summed E-state index contributed by atoms with van der Waals surface area (Å²) in [7, 11) is 0. The van der Waals surface area contributed by atoms with Crippen LogP contribution in [0.25, 0.3) is 0 Å². The summed E-state index contributed by atoms with van der Waals surface area (Å²) in [4.78, 5) is 0. The molecule has 0 saturated carbocycles. The molecule has 0 amide bonds. The summed E-state index contributed by atoms with van der Waals surface area (Å²) < 4.78 is 5.93. The lowest BCUT2D eigenvalue weighted by Crippen LogP contribution is -1.97. The number of hydrogen-bond acceptors (Lipinski definition) is 3. The van der Waals surface area contributed by atoms with Crippen molar-refractivity contribution in [3.8, 4) is 5.75 Å². The number of ether oxygens (including phenoxy) is 1. The summed E-state index contributed by atoms with van der Waals surface area (Å²) >= 11 is 0. The molecular weight excluding hydrogens is 368 g/mol. The van der Waals surface area contributed by atoms with Crippen LogP contribution in [0.2, 0.25) is 0 Å². The molecule has 0 N–H and O–H groups in total. The van der Waals surface area contributed by atoms with Gasteiger partial charge in [-0.3, -0.25) is 0 Å². The Morgan fingerprint density at radius 1 is 0.633 bits per heavy atom. The zero-order valence-electron chi connectivity index (χ0n) is 19.5. The minimum absolute atomic E-state index is 0.791. The summed E-state index contributed by atoms with van der Waals surface area (Å²) in [5, 5.41) is 8.80. The van der Waals surface area contributed by atoms with Gasteiger partial charge in [0, 0.05) is 0 Å². The van der Waals surface area contributed by atoms with Crippen molar-refractivity contribution in [2.45, 2.75) is 91.9 Å². The monoisotopic (exact) mass is 408 g/mol. The Morgan fingerprint density at radius 3 is 1.93 bits per heavy atom. The minimum Gasteiger partial charge on any atom is -0.494 e. The molecule has 30 heavy (non-hydrogen) atoms. The summed E-state index contributed by atoms with van der Waals surface area (Å²) in [6, 6.07) is 12.2. The molecule has 0 aliphatic carbocycles. The molecule has 2 aromatic rings. The second-order valence-corrected chi connectivity index (χ2v) is 8.45. The number of unbranched alkanes of at least 4 members (excludes halogenated alkanes) is 9. The van der Waals surface area contributed by atoms with Gasteiger partial charge in [0.05, 0.1) is 18.0 Å². The van der Waals surface area contributed by atoms with Crippen molar-refractivity contribution in [1.82, 2.24) is 0 Å². The van der Waals surface area contributed by atoms with E-state index in [2.05, 4.69) is 56.1 Å². The third kappa shape index (κ3) is 9.11. The van der Waals surface area contributed by atoms with Crippen molar-refractivity contribution in [3.63, 3.8) is 0 Å². The summed E-state index contributed by atoms with van der Waals surface area (Å²) in [6.45, 7) is 9.33. The second kappa shape index (κ2) is 14.0. The quantitative estimate of drug-likeness (QED) is 0.226. The van der Waals surface area contributed by atoms with E-state index in [-0.39, 0.29) is 0 Å². The minimum atomic E-state index is 0.791. The molecule has 0 aliphatic rings. The van der Waals surface area contributed by atoms with Gasteiger partial charge in [-0.15, -0.1) is 0 Å². The molecule has 3 heteroatoms. The van der Waals surface area contributed by atoms with Crippen LogP contribution < -0.4 is 4.74 Å². The molecule has 0 fully saturated rings. The molecular formula is C27H40N2O. The van der Waals surface area contributed by atoms with Gasteiger partial charge in [-0.1, -0.05) is 70.8 Å². The van der Waals surface area contributed by atoms with E-state index in [9.17, 15) is 0 Å². The van der Waals surface area contributed by atoms with E-state index in [0.29, 0.717) is 0 Å². The molecule has 0 radical (unpaired) electrons. The van der Waals surface area contributed by atoms with E-state index in [1.54, 1.807) is 0 Å². The van der Waals surface area contributed by atoms with Crippen LogP contribution >= 0.6 is 0 Å². The highest BCUT2D eigenvalue weighted by atomic mass is 16.5. The Hall–Kier alpha value is -2.16. The first-order valence-electron chi connectivity index (χ1n) is 11.8. The molecule has 0 atom stereocenters. The lowest BCUT2D eigenvalue weighted by atomic mass is 10.1. The molecule has 0 aromatic heterocycles. The third-order valence-electron chi connectivity index (χ3n) is 5.70. The lowest BCUT2D eigenvalue weighted by Gasteiger charge is -2.08. The topological polar surface area (TPSA) is 34.0 Å². The van der Waals surface area contributed by atoms with Gasteiger partial charge in [0.15, 0.2) is 0 Å². The molecule has 3 nitrogen and oxygen atoms in total. The predicted molar refractivity (Wildman–Crippen MR) is 129 cm³/mol. The number of rotatable bonds is 14. The fourth-order valence-corrected chi connectivity index (χ4v) is 3.51. The van der Waals surface area contributed by atoms with Crippen molar-refractivity contribution < 1.29 is 4.74 Å². The molecule has 0 saturated heterocycles. The highest BCUT2D eigenvalue weighted by Gasteiger charge is 2.02. The van der Waals surface area contributed by atoms with E-state index in [1.807, 2.05) is 18.2 Å². The molecule has 2 aromatic carbocycles. The number of aryl methyl sites for hydroxylation is 3. The van der Waals surface area contributed by atoms with E-state index >= 15 is 0 Å². The molecule has 0 bridgehead atoms. The zero-order chi connectivity index (χ0) is 21.6. The highest BCUT2D eigenvalue weighted by molar-refractivity contribution is 5.50. The van der Waals surface area contributed by atoms with Gasteiger partial charge in [0.2, 0.25) is 0 Å². The molecule has 0 heterocycles. The van der Waals surface area contributed by atoms with Crippen LogP contribution in [-0.2, 0) is 0 Å². The average molecular weight is 409 g/mol. The first kappa shape index (κ1) is 24.1. The van der Waals surface area contributed by atoms with Crippen LogP contribution in [0.1, 0.15) is 87.8 Å². The fourth-order valence-electron chi connectivity index (χ4n) is 3.51. The summed E-state index contributed by atoms with van der Waals surface area (Å²) in [5.74, 6) is 0.925. The molecule has 0 spiro atoms. The largest absolute Gasteiger partial charge is 0.494 e. The van der Waals surface area contributed by atoms with Crippen LogP contribution in [0.3, 0.4) is 0 Å². The van der Waals surface area contributed by atoms with Gasteiger partial charge in [0.1, 0.15) is 5.75 Å². The van der Waals surface area contributed by atoms with E-state index < -0.39 is 0 Å². The van der Waals surface area contributed by atoms with Gasteiger partial charge < -0.3 is 4.74 Å². The van der Waals surface area contributed by atoms with Crippen LogP contribution in [0.15, 0.2) is 46.6 Å². The number of azo groups is 1. The maximum absolute atomic E-state index is 5.93. The standard InChI is InChI=1S/C27H40N2O/c1-5-6-7-8-9-10-11-12-13-14-19-30-26-17-18-27(24(4)21-26)29-28-25-16-15-22(2)23(3)20-25/h15-18,20-21H,5-14,19H2,1-4H3/b29-28+. The Bertz CT molecular complexity index is 782. The smallest absolute Gasteiger partial charge is 0.119 e. The number of nitrogens with zero attached hydrogens (tertiary/aromatic N) is 2.